The van der Waals surface area contributed by atoms with E-state index in [2.05, 4.69) is 10.7 Å². The van der Waals surface area contributed by atoms with Crippen LogP contribution in [0.2, 0.25) is 0 Å². The van der Waals surface area contributed by atoms with Crippen LogP contribution in [0.4, 0.5) is 4.79 Å². The first kappa shape index (κ1) is 13.7. The maximum atomic E-state index is 11.2. The number of nitrogens with zero attached hydrogens (tertiary/aromatic N) is 1. The van der Waals surface area contributed by atoms with Gasteiger partial charge in [-0.15, -0.1) is 0 Å². The molecule has 0 aliphatic carbocycles. The van der Waals surface area contributed by atoms with Crippen LogP contribution in [0.3, 0.4) is 0 Å². The highest BCUT2D eigenvalue weighted by atomic mass is 16.4. The van der Waals surface area contributed by atoms with Crippen molar-refractivity contribution in [3.63, 3.8) is 0 Å². The van der Waals surface area contributed by atoms with Crippen LogP contribution < -0.4 is 10.7 Å². The van der Waals surface area contributed by atoms with Crippen LogP contribution in [0, 0.1) is 5.92 Å². The van der Waals surface area contributed by atoms with Crippen molar-refractivity contribution in [2.24, 2.45) is 5.92 Å². The fourth-order valence-corrected chi connectivity index (χ4v) is 1.09. The van der Waals surface area contributed by atoms with Gasteiger partial charge in [0.2, 0.25) is 0 Å². The number of hydrazine groups is 1. The van der Waals surface area contributed by atoms with Crippen molar-refractivity contribution < 1.29 is 14.7 Å². The molecule has 3 N–H and O–H groups in total. The summed E-state index contributed by atoms with van der Waals surface area (Å²) in [5, 5.41) is 12.7. The first-order chi connectivity index (χ1) is 6.82. The Kier molecular flexibility index (Phi) is 5.69. The van der Waals surface area contributed by atoms with Gasteiger partial charge >= 0.3 is 12.0 Å². The fourth-order valence-electron chi connectivity index (χ4n) is 1.09. The SMILES string of the molecule is CC(C)C[C@@H](NC(=O)NN(C)C)C(=O)O. The molecule has 1 atom stereocenters. The smallest absolute Gasteiger partial charge is 0.330 e. The molecule has 0 spiro atoms. The van der Waals surface area contributed by atoms with Gasteiger partial charge in [0.15, 0.2) is 0 Å². The second-order valence-electron chi connectivity index (χ2n) is 4.00. The molecule has 0 heterocycles. The zero-order valence-corrected chi connectivity index (χ0v) is 9.57. The minimum atomic E-state index is -1.02. The lowest BCUT2D eigenvalue weighted by molar-refractivity contribution is -0.139. The van der Waals surface area contributed by atoms with Crippen molar-refractivity contribution in [3.05, 3.63) is 0 Å². The first-order valence-electron chi connectivity index (χ1n) is 4.80. The molecule has 0 fully saturated rings. The highest BCUT2D eigenvalue weighted by Crippen LogP contribution is 2.04. The number of carbonyl (C=O) groups excluding carboxylic acids is 1. The zero-order valence-electron chi connectivity index (χ0n) is 9.57. The Morgan fingerprint density at radius 1 is 1.33 bits per heavy atom. The van der Waals surface area contributed by atoms with E-state index in [0.717, 1.165) is 0 Å². The lowest BCUT2D eigenvalue weighted by Crippen LogP contribution is -2.50. The standard InChI is InChI=1S/C9H19N3O3/c1-6(2)5-7(8(13)14)10-9(15)11-12(3)4/h6-7H,5H2,1-4H3,(H,13,14)(H2,10,11,15)/t7-/m1/s1. The maximum absolute atomic E-state index is 11.2. The number of rotatable bonds is 5. The van der Waals surface area contributed by atoms with Crippen molar-refractivity contribution >= 4 is 12.0 Å². The number of aliphatic carboxylic acids is 1. The third-order valence-electron chi connectivity index (χ3n) is 1.64. The van der Waals surface area contributed by atoms with Crippen LogP contribution in [-0.4, -0.2) is 42.3 Å². The summed E-state index contributed by atoms with van der Waals surface area (Å²) >= 11 is 0. The van der Waals surface area contributed by atoms with Gasteiger partial charge in [0.05, 0.1) is 0 Å². The number of carboxylic acid groups (broad SMARTS) is 1. The van der Waals surface area contributed by atoms with Gasteiger partial charge in [-0.05, 0) is 12.3 Å². The lowest BCUT2D eigenvalue weighted by Gasteiger charge is -2.18. The normalized spacial score (nSPS) is 12.7. The molecule has 0 bridgehead atoms. The Hall–Kier alpha value is -1.30. The molecule has 15 heavy (non-hydrogen) atoms. The molecule has 0 saturated carbocycles. The molecular formula is C9H19N3O3. The van der Waals surface area contributed by atoms with Crippen LogP contribution in [0.15, 0.2) is 0 Å². The van der Waals surface area contributed by atoms with E-state index in [1.165, 1.54) is 5.01 Å². The van der Waals surface area contributed by atoms with E-state index >= 15 is 0 Å². The first-order valence-corrected chi connectivity index (χ1v) is 4.80. The van der Waals surface area contributed by atoms with E-state index in [1.54, 1.807) is 14.1 Å². The molecule has 6 heteroatoms. The van der Waals surface area contributed by atoms with Gasteiger partial charge in [0, 0.05) is 14.1 Å². The van der Waals surface area contributed by atoms with Crippen molar-refractivity contribution in [3.8, 4) is 0 Å². The quantitative estimate of drug-likeness (QED) is 0.577. The molecule has 88 valence electrons. The molecule has 0 radical (unpaired) electrons. The summed E-state index contributed by atoms with van der Waals surface area (Å²) in [5.41, 5.74) is 2.42. The van der Waals surface area contributed by atoms with Crippen LogP contribution in [0.25, 0.3) is 0 Å². The highest BCUT2D eigenvalue weighted by molar-refractivity contribution is 5.82. The Labute approximate surface area is 89.6 Å². The molecule has 0 aromatic rings. The Morgan fingerprint density at radius 2 is 1.87 bits per heavy atom. The van der Waals surface area contributed by atoms with Crippen LogP contribution in [0.5, 0.6) is 0 Å². The van der Waals surface area contributed by atoms with Gasteiger partial charge in [-0.1, -0.05) is 13.8 Å². The van der Waals surface area contributed by atoms with E-state index in [0.29, 0.717) is 6.42 Å². The molecule has 0 aliphatic rings. The summed E-state index contributed by atoms with van der Waals surface area (Å²) < 4.78 is 0. The number of urea groups is 1. The molecule has 0 aromatic heterocycles. The van der Waals surface area contributed by atoms with Crippen LogP contribution >= 0.6 is 0 Å². The third-order valence-corrected chi connectivity index (χ3v) is 1.64. The molecule has 0 aliphatic heterocycles. The van der Waals surface area contributed by atoms with Crippen molar-refractivity contribution in [2.45, 2.75) is 26.3 Å². The highest BCUT2D eigenvalue weighted by Gasteiger charge is 2.20. The average molecular weight is 217 g/mol. The number of nitrogens with one attached hydrogen (secondary N) is 2. The summed E-state index contributed by atoms with van der Waals surface area (Å²) in [6.07, 6.45) is 0.413. The minimum absolute atomic E-state index is 0.214. The van der Waals surface area contributed by atoms with Gasteiger partial charge in [0.25, 0.3) is 0 Å². The number of hydrogen-bond donors (Lipinski definition) is 3. The van der Waals surface area contributed by atoms with E-state index in [-0.39, 0.29) is 5.92 Å². The molecule has 0 rings (SSSR count). The fraction of sp³-hybridized carbons (Fsp3) is 0.778. The summed E-state index contributed by atoms with van der Waals surface area (Å²) in [4.78, 5) is 22.0. The largest absolute Gasteiger partial charge is 0.480 e. The van der Waals surface area contributed by atoms with Gasteiger partial charge < -0.3 is 10.4 Å². The Balaban J connectivity index is 4.16. The predicted molar refractivity (Wildman–Crippen MR) is 56.2 cm³/mol. The van der Waals surface area contributed by atoms with Crippen molar-refractivity contribution in [1.29, 1.82) is 0 Å². The zero-order chi connectivity index (χ0) is 12.0. The lowest BCUT2D eigenvalue weighted by atomic mass is 10.0. The second kappa shape index (κ2) is 6.23. The minimum Gasteiger partial charge on any atom is -0.480 e. The summed E-state index contributed by atoms with van der Waals surface area (Å²) in [5.74, 6) is -0.802. The summed E-state index contributed by atoms with van der Waals surface area (Å²) in [6, 6.07) is -1.35. The average Bonchev–Trinajstić information content (AvgIpc) is 1.99. The van der Waals surface area contributed by atoms with E-state index < -0.39 is 18.0 Å². The van der Waals surface area contributed by atoms with E-state index in [1.807, 2.05) is 13.8 Å². The van der Waals surface area contributed by atoms with Gasteiger partial charge in [-0.3, -0.25) is 5.43 Å². The predicted octanol–water partition coefficient (Wildman–Crippen LogP) is 0.262. The number of amides is 2. The summed E-state index contributed by atoms with van der Waals surface area (Å²) in [6.45, 7) is 3.81. The molecule has 6 nitrogen and oxygen atoms in total. The third kappa shape index (κ3) is 6.73. The Bertz CT molecular complexity index is 229. The number of carbonyl (C=O) groups is 2. The Morgan fingerprint density at radius 3 is 2.20 bits per heavy atom. The van der Waals surface area contributed by atoms with Crippen LogP contribution in [0.1, 0.15) is 20.3 Å². The topological polar surface area (TPSA) is 81.7 Å². The van der Waals surface area contributed by atoms with Gasteiger partial charge in [-0.25, -0.2) is 14.6 Å². The molecule has 2 amide bonds. The van der Waals surface area contributed by atoms with Crippen LogP contribution in [-0.2, 0) is 4.79 Å². The second-order valence-corrected chi connectivity index (χ2v) is 4.00. The molecule has 0 unspecified atom stereocenters. The van der Waals surface area contributed by atoms with Crippen molar-refractivity contribution in [2.75, 3.05) is 14.1 Å². The molecular weight excluding hydrogens is 198 g/mol. The summed E-state index contributed by atoms with van der Waals surface area (Å²) in [7, 11) is 3.30. The molecule has 0 aromatic carbocycles. The van der Waals surface area contributed by atoms with Gasteiger partial charge in [-0.2, -0.15) is 0 Å². The van der Waals surface area contributed by atoms with E-state index in [9.17, 15) is 9.59 Å². The monoisotopic (exact) mass is 217 g/mol. The van der Waals surface area contributed by atoms with Gasteiger partial charge in [0.1, 0.15) is 6.04 Å². The number of hydrogen-bond acceptors (Lipinski definition) is 3. The van der Waals surface area contributed by atoms with Crippen molar-refractivity contribution in [1.82, 2.24) is 15.8 Å². The molecule has 0 saturated heterocycles. The maximum Gasteiger partial charge on any atom is 0.330 e. The number of carboxylic acids is 1. The van der Waals surface area contributed by atoms with E-state index in [4.69, 9.17) is 5.11 Å².